The summed E-state index contributed by atoms with van der Waals surface area (Å²) in [6.45, 7) is 1.23. The first kappa shape index (κ1) is 20.4. The van der Waals surface area contributed by atoms with E-state index in [2.05, 4.69) is 21.2 Å². The van der Waals surface area contributed by atoms with Crippen LogP contribution in [-0.2, 0) is 20.4 Å². The number of piperidine rings is 1. The number of nitrogens with one attached hydrogen (secondary N) is 1. The molecule has 0 spiro atoms. The van der Waals surface area contributed by atoms with Gasteiger partial charge in [-0.15, -0.1) is 12.4 Å². The van der Waals surface area contributed by atoms with Gasteiger partial charge < -0.3 is 10.2 Å². The summed E-state index contributed by atoms with van der Waals surface area (Å²) in [5.74, 6) is -0.813. The number of amides is 1. The van der Waals surface area contributed by atoms with Gasteiger partial charge in [0.15, 0.2) is 9.84 Å². The summed E-state index contributed by atoms with van der Waals surface area (Å²) < 4.78 is 25.3. The SMILES string of the molecule is CNC1CCCN(C(=O)CS(=O)(=O)Cc2ccc(Br)cc2)C1.Cl. The number of likely N-dealkylation sites (tertiary alicyclic amines) is 1. The number of halogens is 2. The summed E-state index contributed by atoms with van der Waals surface area (Å²) in [6, 6.07) is 7.37. The Labute approximate surface area is 152 Å². The number of hydrogen-bond donors (Lipinski definition) is 1. The number of sulfone groups is 1. The third kappa shape index (κ3) is 6.41. The van der Waals surface area contributed by atoms with Crippen molar-refractivity contribution < 1.29 is 13.2 Å². The van der Waals surface area contributed by atoms with Crippen molar-refractivity contribution in [2.75, 3.05) is 25.9 Å². The highest BCUT2D eigenvalue weighted by Gasteiger charge is 2.26. The maximum atomic E-state index is 12.2. The van der Waals surface area contributed by atoms with Crippen LogP contribution in [-0.4, -0.2) is 51.2 Å². The molecule has 1 unspecified atom stereocenters. The molecule has 5 nitrogen and oxygen atoms in total. The summed E-state index contributed by atoms with van der Waals surface area (Å²) in [4.78, 5) is 13.9. The molecular weight excluding hydrogens is 404 g/mol. The molecule has 1 amide bonds. The molecule has 23 heavy (non-hydrogen) atoms. The fraction of sp³-hybridized carbons (Fsp3) is 0.533. The average Bonchev–Trinajstić information content (AvgIpc) is 2.49. The van der Waals surface area contributed by atoms with Crippen molar-refractivity contribution in [3.05, 3.63) is 34.3 Å². The van der Waals surface area contributed by atoms with Gasteiger partial charge in [-0.2, -0.15) is 0 Å². The monoisotopic (exact) mass is 424 g/mol. The minimum atomic E-state index is -3.45. The fourth-order valence-corrected chi connectivity index (χ4v) is 4.23. The van der Waals surface area contributed by atoms with Crippen molar-refractivity contribution in [1.82, 2.24) is 10.2 Å². The summed E-state index contributed by atoms with van der Waals surface area (Å²) in [5.41, 5.74) is 0.697. The van der Waals surface area contributed by atoms with E-state index in [0.29, 0.717) is 18.7 Å². The molecule has 2 rings (SSSR count). The molecule has 1 aliphatic rings. The first-order chi connectivity index (χ1) is 10.4. The van der Waals surface area contributed by atoms with Crippen LogP contribution in [0.4, 0.5) is 0 Å². The van der Waals surface area contributed by atoms with E-state index in [0.717, 1.165) is 17.3 Å². The zero-order chi connectivity index (χ0) is 16.2. The number of likely N-dealkylation sites (N-methyl/N-ethyl adjacent to an activating group) is 1. The van der Waals surface area contributed by atoms with E-state index >= 15 is 0 Å². The van der Waals surface area contributed by atoms with Gasteiger partial charge in [-0.05, 0) is 37.6 Å². The fourth-order valence-electron chi connectivity index (χ4n) is 2.60. The lowest BCUT2D eigenvalue weighted by Gasteiger charge is -2.32. The van der Waals surface area contributed by atoms with E-state index in [1.807, 2.05) is 7.05 Å². The summed E-state index contributed by atoms with van der Waals surface area (Å²) in [7, 11) is -1.58. The molecule has 0 aliphatic carbocycles. The van der Waals surface area contributed by atoms with E-state index in [-0.39, 0.29) is 30.1 Å². The molecule has 130 valence electrons. The summed E-state index contributed by atoms with van der Waals surface area (Å²) in [5, 5.41) is 3.15. The molecular formula is C15H22BrClN2O3S. The standard InChI is InChI=1S/C15H21BrN2O3S.ClH/c1-17-14-3-2-8-18(9-14)15(19)11-22(20,21)10-12-4-6-13(16)7-5-12;/h4-7,14,17H,2-3,8-11H2,1H3;1H. The van der Waals surface area contributed by atoms with E-state index in [1.54, 1.807) is 29.2 Å². The zero-order valence-corrected chi connectivity index (χ0v) is 16.2. The quantitative estimate of drug-likeness (QED) is 0.783. The Morgan fingerprint density at radius 1 is 1.35 bits per heavy atom. The Morgan fingerprint density at radius 3 is 2.61 bits per heavy atom. The lowest BCUT2D eigenvalue weighted by atomic mass is 10.1. The van der Waals surface area contributed by atoms with E-state index < -0.39 is 15.6 Å². The van der Waals surface area contributed by atoms with Gasteiger partial charge in [-0.25, -0.2) is 8.42 Å². The molecule has 0 aromatic heterocycles. The summed E-state index contributed by atoms with van der Waals surface area (Å²) in [6.07, 6.45) is 1.93. The minimum absolute atomic E-state index is 0. The zero-order valence-electron chi connectivity index (χ0n) is 13.0. The highest BCUT2D eigenvalue weighted by molar-refractivity contribution is 9.10. The van der Waals surface area contributed by atoms with Gasteiger partial charge in [0.05, 0.1) is 5.75 Å². The van der Waals surface area contributed by atoms with Crippen LogP contribution in [0.3, 0.4) is 0 Å². The number of nitrogens with zero attached hydrogens (tertiary/aromatic N) is 1. The van der Waals surface area contributed by atoms with Crippen molar-refractivity contribution >= 4 is 44.1 Å². The number of hydrogen-bond acceptors (Lipinski definition) is 4. The Hall–Kier alpha value is -0.630. The highest BCUT2D eigenvalue weighted by Crippen LogP contribution is 2.15. The maximum absolute atomic E-state index is 12.2. The van der Waals surface area contributed by atoms with Gasteiger partial charge in [0.1, 0.15) is 5.75 Å². The Kier molecular flexibility index (Phi) is 8.00. The van der Waals surface area contributed by atoms with Crippen LogP contribution in [0.2, 0.25) is 0 Å². The average molecular weight is 426 g/mol. The molecule has 1 atom stereocenters. The first-order valence-electron chi connectivity index (χ1n) is 7.29. The van der Waals surface area contributed by atoms with E-state index in [4.69, 9.17) is 0 Å². The Bertz CT molecular complexity index is 622. The van der Waals surface area contributed by atoms with Gasteiger partial charge in [0.2, 0.25) is 5.91 Å². The second-order valence-electron chi connectivity index (χ2n) is 5.63. The van der Waals surface area contributed by atoms with Gasteiger partial charge >= 0.3 is 0 Å². The third-order valence-electron chi connectivity index (χ3n) is 3.83. The summed E-state index contributed by atoms with van der Waals surface area (Å²) >= 11 is 3.31. The van der Waals surface area contributed by atoms with Crippen LogP contribution in [0.25, 0.3) is 0 Å². The van der Waals surface area contributed by atoms with Gasteiger partial charge in [-0.3, -0.25) is 4.79 Å². The molecule has 1 saturated heterocycles. The normalized spacial score (nSPS) is 18.3. The molecule has 1 aromatic carbocycles. The Morgan fingerprint density at radius 2 is 2.00 bits per heavy atom. The van der Waals surface area contributed by atoms with Crippen molar-refractivity contribution in [2.45, 2.75) is 24.6 Å². The van der Waals surface area contributed by atoms with Crippen molar-refractivity contribution in [1.29, 1.82) is 0 Å². The first-order valence-corrected chi connectivity index (χ1v) is 9.91. The Balaban J connectivity index is 0.00000264. The topological polar surface area (TPSA) is 66.5 Å². The van der Waals surface area contributed by atoms with Crippen LogP contribution < -0.4 is 5.32 Å². The minimum Gasteiger partial charge on any atom is -0.340 e. The van der Waals surface area contributed by atoms with Crippen LogP contribution in [0.1, 0.15) is 18.4 Å². The molecule has 1 N–H and O–H groups in total. The molecule has 0 radical (unpaired) electrons. The number of rotatable bonds is 5. The predicted octanol–water partition coefficient (Wildman–Crippen LogP) is 2.00. The van der Waals surface area contributed by atoms with Crippen LogP contribution in [0.15, 0.2) is 28.7 Å². The number of carbonyl (C=O) groups excluding carboxylic acids is 1. The molecule has 0 saturated carbocycles. The van der Waals surface area contributed by atoms with Crippen molar-refractivity contribution in [3.8, 4) is 0 Å². The molecule has 1 aliphatic heterocycles. The number of carbonyl (C=O) groups is 1. The van der Waals surface area contributed by atoms with E-state index in [9.17, 15) is 13.2 Å². The van der Waals surface area contributed by atoms with Crippen molar-refractivity contribution in [3.63, 3.8) is 0 Å². The second-order valence-corrected chi connectivity index (χ2v) is 8.61. The lowest BCUT2D eigenvalue weighted by molar-refractivity contribution is -0.129. The molecule has 1 heterocycles. The largest absolute Gasteiger partial charge is 0.340 e. The van der Waals surface area contributed by atoms with Gasteiger partial charge in [-0.1, -0.05) is 28.1 Å². The molecule has 0 bridgehead atoms. The van der Waals surface area contributed by atoms with E-state index in [1.165, 1.54) is 0 Å². The van der Waals surface area contributed by atoms with Crippen molar-refractivity contribution in [2.24, 2.45) is 0 Å². The highest BCUT2D eigenvalue weighted by atomic mass is 79.9. The molecule has 1 aromatic rings. The van der Waals surface area contributed by atoms with Crippen LogP contribution in [0, 0.1) is 0 Å². The van der Waals surface area contributed by atoms with Gasteiger partial charge in [0, 0.05) is 23.6 Å². The number of benzene rings is 1. The van der Waals surface area contributed by atoms with Gasteiger partial charge in [0.25, 0.3) is 0 Å². The van der Waals surface area contributed by atoms with Crippen LogP contribution in [0.5, 0.6) is 0 Å². The molecule has 1 fully saturated rings. The smallest absolute Gasteiger partial charge is 0.237 e. The predicted molar refractivity (Wildman–Crippen MR) is 97.5 cm³/mol. The van der Waals surface area contributed by atoms with Crippen LogP contribution >= 0.6 is 28.3 Å². The lowest BCUT2D eigenvalue weighted by Crippen LogP contribution is -2.48. The maximum Gasteiger partial charge on any atom is 0.237 e. The molecule has 8 heteroatoms. The second kappa shape index (κ2) is 9.01. The third-order valence-corrected chi connectivity index (χ3v) is 5.81.